The Balaban J connectivity index is 1.35. The number of amides is 1. The number of aryl methyl sites for hydroxylation is 1. The predicted octanol–water partition coefficient (Wildman–Crippen LogP) is 4.97. The minimum absolute atomic E-state index is 0.0382. The molecule has 0 bridgehead atoms. The first-order chi connectivity index (χ1) is 17.5. The molecular formula is C29H35N5OS. The van der Waals surface area contributed by atoms with Crippen LogP contribution in [0.3, 0.4) is 0 Å². The fourth-order valence-electron chi connectivity index (χ4n) is 4.22. The number of benzene rings is 2. The van der Waals surface area contributed by atoms with Crippen molar-refractivity contribution in [2.24, 2.45) is 0 Å². The Morgan fingerprint density at radius 2 is 1.81 bits per heavy atom. The standard InChI is InChI=1S/C29H35N5OS/c1-4-30-28(35)26-14-8-12-25(20-26)21-36-29-31-23(3)22(2)27(32-29)34-18-16-33(17-19-34)15-9-13-24-10-6-5-7-11-24/h5-14,20H,4,15-19,21H2,1-3H3,(H,30,35). The van der Waals surface area contributed by atoms with Crippen molar-refractivity contribution in [3.8, 4) is 0 Å². The third-order valence-corrected chi connectivity index (χ3v) is 7.30. The highest BCUT2D eigenvalue weighted by molar-refractivity contribution is 7.98. The second-order valence-corrected chi connectivity index (χ2v) is 9.93. The summed E-state index contributed by atoms with van der Waals surface area (Å²) in [7, 11) is 0. The minimum Gasteiger partial charge on any atom is -0.354 e. The van der Waals surface area contributed by atoms with Gasteiger partial charge in [-0.15, -0.1) is 0 Å². The molecular weight excluding hydrogens is 466 g/mol. The van der Waals surface area contributed by atoms with Gasteiger partial charge in [0, 0.05) is 61.8 Å². The van der Waals surface area contributed by atoms with Gasteiger partial charge < -0.3 is 10.2 Å². The third-order valence-electron chi connectivity index (χ3n) is 6.38. The quantitative estimate of drug-likeness (QED) is 0.330. The summed E-state index contributed by atoms with van der Waals surface area (Å²) in [5.74, 6) is 1.72. The van der Waals surface area contributed by atoms with Crippen LogP contribution in [0.15, 0.2) is 65.8 Å². The SMILES string of the molecule is CCNC(=O)c1cccc(CSc2nc(C)c(C)c(N3CCN(CC=Cc4ccccc4)CC3)n2)c1. The Kier molecular flexibility index (Phi) is 9.14. The van der Waals surface area contributed by atoms with E-state index in [1.54, 1.807) is 11.8 Å². The molecule has 6 nitrogen and oxygen atoms in total. The van der Waals surface area contributed by atoms with E-state index in [4.69, 9.17) is 9.97 Å². The van der Waals surface area contributed by atoms with Gasteiger partial charge in [-0.25, -0.2) is 9.97 Å². The lowest BCUT2D eigenvalue weighted by atomic mass is 10.1. The van der Waals surface area contributed by atoms with E-state index in [9.17, 15) is 4.79 Å². The van der Waals surface area contributed by atoms with Crippen LogP contribution in [0.5, 0.6) is 0 Å². The molecule has 0 atom stereocenters. The molecule has 2 aromatic carbocycles. The lowest BCUT2D eigenvalue weighted by Gasteiger charge is -2.35. The zero-order valence-corrected chi connectivity index (χ0v) is 22.2. The van der Waals surface area contributed by atoms with E-state index in [2.05, 4.69) is 65.4 Å². The van der Waals surface area contributed by atoms with E-state index in [-0.39, 0.29) is 5.91 Å². The van der Waals surface area contributed by atoms with E-state index in [1.807, 2.05) is 37.3 Å². The van der Waals surface area contributed by atoms with Crippen LogP contribution in [0, 0.1) is 13.8 Å². The fourth-order valence-corrected chi connectivity index (χ4v) is 5.05. The Morgan fingerprint density at radius 3 is 2.56 bits per heavy atom. The maximum absolute atomic E-state index is 12.2. The predicted molar refractivity (Wildman–Crippen MR) is 150 cm³/mol. The van der Waals surface area contributed by atoms with Crippen LogP contribution in [0.2, 0.25) is 0 Å². The van der Waals surface area contributed by atoms with Crippen LogP contribution in [-0.4, -0.2) is 60.0 Å². The molecule has 4 rings (SSSR count). The Morgan fingerprint density at radius 1 is 1.03 bits per heavy atom. The minimum atomic E-state index is -0.0382. The van der Waals surface area contributed by atoms with Gasteiger partial charge in [0.25, 0.3) is 5.91 Å². The number of nitrogens with zero attached hydrogens (tertiary/aromatic N) is 4. The monoisotopic (exact) mass is 501 g/mol. The summed E-state index contributed by atoms with van der Waals surface area (Å²) in [6, 6.07) is 18.2. The normalized spacial score (nSPS) is 14.4. The summed E-state index contributed by atoms with van der Waals surface area (Å²) in [4.78, 5) is 26.7. The van der Waals surface area contributed by atoms with Gasteiger partial charge >= 0.3 is 0 Å². The lowest BCUT2D eigenvalue weighted by molar-refractivity contribution is 0.0955. The lowest BCUT2D eigenvalue weighted by Crippen LogP contribution is -2.47. The Labute approximate surface area is 218 Å². The van der Waals surface area contributed by atoms with Gasteiger partial charge in [0.1, 0.15) is 5.82 Å². The Hall–Kier alpha value is -3.16. The summed E-state index contributed by atoms with van der Waals surface area (Å²) in [6.45, 7) is 11.6. The number of thioether (sulfide) groups is 1. The first-order valence-electron chi connectivity index (χ1n) is 12.6. The summed E-state index contributed by atoms with van der Waals surface area (Å²) >= 11 is 1.62. The van der Waals surface area contributed by atoms with Crippen molar-refractivity contribution in [3.63, 3.8) is 0 Å². The van der Waals surface area contributed by atoms with Crippen LogP contribution in [0.4, 0.5) is 5.82 Å². The molecule has 1 saturated heterocycles. The number of carbonyl (C=O) groups excluding carboxylic acids is 1. The van der Waals surface area contributed by atoms with Gasteiger partial charge in [-0.1, -0.05) is 66.4 Å². The molecule has 0 unspecified atom stereocenters. The molecule has 1 aromatic heterocycles. The van der Waals surface area contributed by atoms with Crippen LogP contribution in [0.25, 0.3) is 6.08 Å². The van der Waals surface area contributed by atoms with Crippen molar-refractivity contribution in [3.05, 3.63) is 88.6 Å². The number of anilines is 1. The highest BCUT2D eigenvalue weighted by atomic mass is 32.2. The Bertz CT molecular complexity index is 1190. The van der Waals surface area contributed by atoms with Crippen LogP contribution < -0.4 is 10.2 Å². The average Bonchev–Trinajstić information content (AvgIpc) is 2.91. The van der Waals surface area contributed by atoms with Crippen molar-refractivity contribution in [1.29, 1.82) is 0 Å². The van der Waals surface area contributed by atoms with Crippen molar-refractivity contribution in [2.75, 3.05) is 44.2 Å². The van der Waals surface area contributed by atoms with E-state index >= 15 is 0 Å². The topological polar surface area (TPSA) is 61.4 Å². The van der Waals surface area contributed by atoms with Crippen molar-refractivity contribution in [1.82, 2.24) is 20.2 Å². The largest absolute Gasteiger partial charge is 0.354 e. The number of hydrogen-bond acceptors (Lipinski definition) is 6. The van der Waals surface area contributed by atoms with Crippen LogP contribution in [-0.2, 0) is 5.75 Å². The molecule has 1 aliphatic rings. The molecule has 0 saturated carbocycles. The van der Waals surface area contributed by atoms with Gasteiger partial charge in [0.2, 0.25) is 0 Å². The van der Waals surface area contributed by atoms with Gasteiger partial charge in [0.15, 0.2) is 5.16 Å². The van der Waals surface area contributed by atoms with E-state index in [0.717, 1.165) is 66.3 Å². The number of nitrogens with one attached hydrogen (secondary N) is 1. The van der Waals surface area contributed by atoms with Gasteiger partial charge in [-0.3, -0.25) is 9.69 Å². The number of rotatable bonds is 9. The molecule has 7 heteroatoms. The molecule has 0 spiro atoms. The molecule has 36 heavy (non-hydrogen) atoms. The number of carbonyl (C=O) groups is 1. The van der Waals surface area contributed by atoms with Crippen molar-refractivity contribution in [2.45, 2.75) is 31.7 Å². The molecule has 188 valence electrons. The number of aromatic nitrogens is 2. The average molecular weight is 502 g/mol. The maximum atomic E-state index is 12.2. The molecule has 1 N–H and O–H groups in total. The summed E-state index contributed by atoms with van der Waals surface area (Å²) in [6.07, 6.45) is 4.44. The van der Waals surface area contributed by atoms with Gasteiger partial charge in [-0.2, -0.15) is 0 Å². The maximum Gasteiger partial charge on any atom is 0.251 e. The smallest absolute Gasteiger partial charge is 0.251 e. The van der Waals surface area contributed by atoms with E-state index in [1.165, 1.54) is 5.56 Å². The molecule has 1 aliphatic heterocycles. The first kappa shape index (κ1) is 25.9. The highest BCUT2D eigenvalue weighted by Crippen LogP contribution is 2.27. The molecule has 0 radical (unpaired) electrons. The second kappa shape index (κ2) is 12.7. The van der Waals surface area contributed by atoms with Gasteiger partial charge in [-0.05, 0) is 44.0 Å². The molecule has 0 aliphatic carbocycles. The number of hydrogen-bond donors (Lipinski definition) is 1. The van der Waals surface area contributed by atoms with E-state index < -0.39 is 0 Å². The van der Waals surface area contributed by atoms with Crippen molar-refractivity contribution < 1.29 is 4.79 Å². The highest BCUT2D eigenvalue weighted by Gasteiger charge is 2.21. The summed E-state index contributed by atoms with van der Waals surface area (Å²) in [5, 5.41) is 3.64. The molecule has 3 aromatic rings. The molecule has 2 heterocycles. The first-order valence-corrected chi connectivity index (χ1v) is 13.6. The molecule has 1 fully saturated rings. The zero-order chi connectivity index (χ0) is 25.3. The van der Waals surface area contributed by atoms with Crippen LogP contribution >= 0.6 is 11.8 Å². The summed E-state index contributed by atoms with van der Waals surface area (Å²) in [5.41, 5.74) is 5.18. The third kappa shape index (κ3) is 6.95. The van der Waals surface area contributed by atoms with Crippen molar-refractivity contribution >= 4 is 29.6 Å². The van der Waals surface area contributed by atoms with E-state index in [0.29, 0.717) is 12.1 Å². The zero-order valence-electron chi connectivity index (χ0n) is 21.4. The molecule has 1 amide bonds. The number of piperazine rings is 1. The second-order valence-electron chi connectivity index (χ2n) is 8.99. The summed E-state index contributed by atoms with van der Waals surface area (Å²) < 4.78 is 0. The van der Waals surface area contributed by atoms with Crippen LogP contribution in [0.1, 0.15) is 39.7 Å². The fraction of sp³-hybridized carbons (Fsp3) is 0.345. The van der Waals surface area contributed by atoms with Gasteiger partial charge in [0.05, 0.1) is 0 Å².